The molecule has 1 rings (SSSR count). The molecule has 110 valence electrons. The van der Waals surface area contributed by atoms with Crippen molar-refractivity contribution in [1.82, 2.24) is 10.6 Å². The zero-order valence-corrected chi connectivity index (χ0v) is 12.4. The predicted octanol–water partition coefficient (Wildman–Crippen LogP) is 2.43. The lowest BCUT2D eigenvalue weighted by Gasteiger charge is -2.23. The molecule has 1 atom stereocenters. The summed E-state index contributed by atoms with van der Waals surface area (Å²) in [6.07, 6.45) is 0. The molecule has 2 N–H and O–H groups in total. The molecular formula is C14H18ClFN2O2. The van der Waals surface area contributed by atoms with E-state index in [0.717, 1.165) is 0 Å². The minimum atomic E-state index is -0.478. The summed E-state index contributed by atoms with van der Waals surface area (Å²) in [6.45, 7) is 4.94. The van der Waals surface area contributed by atoms with Crippen LogP contribution in [0.5, 0.6) is 0 Å². The van der Waals surface area contributed by atoms with Gasteiger partial charge in [-0.25, -0.2) is 4.39 Å². The minimum absolute atomic E-state index is 0.00745. The lowest BCUT2D eigenvalue weighted by Crippen LogP contribution is -2.39. The summed E-state index contributed by atoms with van der Waals surface area (Å²) in [5.41, 5.74) is 0.376. The molecule has 0 fully saturated rings. The molecule has 0 unspecified atom stereocenters. The average molecular weight is 301 g/mol. The fraction of sp³-hybridized carbons (Fsp3) is 0.429. The normalized spacial score (nSPS) is 12.1. The molecule has 0 aliphatic heterocycles. The van der Waals surface area contributed by atoms with E-state index in [2.05, 4.69) is 10.6 Å². The molecule has 0 saturated heterocycles. The summed E-state index contributed by atoms with van der Waals surface area (Å²) in [5.74, 6) is -1.13. The second-order valence-electron chi connectivity index (χ2n) is 4.86. The first-order valence-corrected chi connectivity index (χ1v) is 6.67. The second-order valence-corrected chi connectivity index (χ2v) is 5.30. The van der Waals surface area contributed by atoms with Crippen molar-refractivity contribution in [2.45, 2.75) is 26.8 Å². The fourth-order valence-corrected chi connectivity index (χ4v) is 1.95. The molecule has 20 heavy (non-hydrogen) atoms. The quantitative estimate of drug-likeness (QED) is 0.877. The van der Waals surface area contributed by atoms with Crippen LogP contribution >= 0.6 is 11.6 Å². The van der Waals surface area contributed by atoms with Crippen LogP contribution < -0.4 is 10.6 Å². The van der Waals surface area contributed by atoms with Crippen molar-refractivity contribution in [3.05, 3.63) is 34.6 Å². The third-order valence-corrected chi connectivity index (χ3v) is 3.01. The number of carbonyl (C=O) groups excluding carboxylic acids is 2. The number of rotatable bonds is 5. The molecule has 0 bridgehead atoms. The average Bonchev–Trinajstić information content (AvgIpc) is 2.34. The van der Waals surface area contributed by atoms with Crippen molar-refractivity contribution in [3.63, 3.8) is 0 Å². The van der Waals surface area contributed by atoms with Crippen molar-refractivity contribution >= 4 is 23.4 Å². The van der Waals surface area contributed by atoms with Crippen LogP contribution in [0.1, 0.15) is 32.4 Å². The van der Waals surface area contributed by atoms with E-state index in [0.29, 0.717) is 10.6 Å². The number of benzene rings is 1. The standard InChI is InChI=1S/C14H18ClFN2O2/c1-8(2)14(18-13(20)7-17-9(3)19)11-5-4-10(15)6-12(11)16/h4-6,8,14H,7H2,1-3H3,(H,17,19)(H,18,20)/t14-/m1/s1. The maximum Gasteiger partial charge on any atom is 0.239 e. The first-order chi connectivity index (χ1) is 9.31. The van der Waals surface area contributed by atoms with E-state index in [1.165, 1.54) is 13.0 Å². The largest absolute Gasteiger partial charge is 0.347 e. The Morgan fingerprint density at radius 1 is 1.35 bits per heavy atom. The lowest BCUT2D eigenvalue weighted by atomic mass is 9.95. The number of hydrogen-bond donors (Lipinski definition) is 2. The Balaban J connectivity index is 2.84. The summed E-state index contributed by atoms with van der Waals surface area (Å²) in [5, 5.41) is 5.41. The zero-order chi connectivity index (χ0) is 15.3. The highest BCUT2D eigenvalue weighted by Crippen LogP contribution is 2.26. The van der Waals surface area contributed by atoms with Gasteiger partial charge in [0.05, 0.1) is 12.6 Å². The van der Waals surface area contributed by atoms with Crippen LogP contribution in [0, 0.1) is 11.7 Å². The number of carbonyl (C=O) groups is 2. The first kappa shape index (κ1) is 16.4. The Morgan fingerprint density at radius 2 is 2.00 bits per heavy atom. The Bertz CT molecular complexity index is 506. The maximum atomic E-state index is 13.9. The third-order valence-electron chi connectivity index (χ3n) is 2.78. The predicted molar refractivity (Wildman–Crippen MR) is 75.8 cm³/mol. The van der Waals surface area contributed by atoms with Gasteiger partial charge in [0.2, 0.25) is 11.8 Å². The number of amides is 2. The molecule has 1 aromatic carbocycles. The fourth-order valence-electron chi connectivity index (χ4n) is 1.79. The maximum absolute atomic E-state index is 13.9. The Morgan fingerprint density at radius 3 is 2.50 bits per heavy atom. The van der Waals surface area contributed by atoms with Crippen LogP contribution in [0.25, 0.3) is 0 Å². The molecule has 2 amide bonds. The van der Waals surface area contributed by atoms with E-state index in [1.807, 2.05) is 13.8 Å². The highest BCUT2D eigenvalue weighted by atomic mass is 35.5. The van der Waals surface area contributed by atoms with Crippen molar-refractivity contribution < 1.29 is 14.0 Å². The highest BCUT2D eigenvalue weighted by Gasteiger charge is 2.21. The number of halogens is 2. The van der Waals surface area contributed by atoms with Gasteiger partial charge < -0.3 is 10.6 Å². The van der Waals surface area contributed by atoms with Crippen LogP contribution in [0.2, 0.25) is 5.02 Å². The third kappa shape index (κ3) is 4.81. The molecule has 6 heteroatoms. The molecule has 1 aromatic rings. The minimum Gasteiger partial charge on any atom is -0.347 e. The van der Waals surface area contributed by atoms with Crippen molar-refractivity contribution in [2.24, 2.45) is 5.92 Å². The highest BCUT2D eigenvalue weighted by molar-refractivity contribution is 6.30. The van der Waals surface area contributed by atoms with E-state index >= 15 is 0 Å². The molecule has 0 saturated carbocycles. The van der Waals surface area contributed by atoms with Crippen LogP contribution in [-0.2, 0) is 9.59 Å². The van der Waals surface area contributed by atoms with Crippen LogP contribution in [0.15, 0.2) is 18.2 Å². The van der Waals surface area contributed by atoms with Crippen LogP contribution in [-0.4, -0.2) is 18.4 Å². The van der Waals surface area contributed by atoms with Gasteiger partial charge in [-0.1, -0.05) is 31.5 Å². The van der Waals surface area contributed by atoms with Crippen LogP contribution in [0.3, 0.4) is 0 Å². The zero-order valence-electron chi connectivity index (χ0n) is 11.7. The summed E-state index contributed by atoms with van der Waals surface area (Å²) in [6, 6.07) is 3.87. The van der Waals surface area contributed by atoms with Gasteiger partial charge >= 0.3 is 0 Å². The Labute approximate surface area is 122 Å². The number of nitrogens with one attached hydrogen (secondary N) is 2. The first-order valence-electron chi connectivity index (χ1n) is 6.30. The SMILES string of the molecule is CC(=O)NCC(=O)N[C@@H](c1ccc(Cl)cc1F)C(C)C. The summed E-state index contributed by atoms with van der Waals surface area (Å²) in [4.78, 5) is 22.5. The molecule has 0 aliphatic carbocycles. The number of hydrogen-bond acceptors (Lipinski definition) is 2. The van der Waals surface area contributed by atoms with Gasteiger partial charge in [-0.15, -0.1) is 0 Å². The van der Waals surface area contributed by atoms with Gasteiger partial charge in [0.25, 0.3) is 0 Å². The van der Waals surface area contributed by atoms with Crippen LogP contribution in [0.4, 0.5) is 4.39 Å². The van der Waals surface area contributed by atoms with E-state index < -0.39 is 11.9 Å². The smallest absolute Gasteiger partial charge is 0.239 e. The van der Waals surface area contributed by atoms with Gasteiger partial charge in [0, 0.05) is 17.5 Å². The second kappa shape index (κ2) is 7.24. The molecule has 0 spiro atoms. The summed E-state index contributed by atoms with van der Waals surface area (Å²) < 4.78 is 13.9. The molecule has 4 nitrogen and oxygen atoms in total. The van der Waals surface area contributed by atoms with Crippen molar-refractivity contribution in [3.8, 4) is 0 Å². The Hall–Kier alpha value is -1.62. The van der Waals surface area contributed by atoms with Gasteiger partial charge in [-0.05, 0) is 18.1 Å². The molecule has 0 aromatic heterocycles. The van der Waals surface area contributed by atoms with Gasteiger partial charge in [0.15, 0.2) is 0 Å². The summed E-state index contributed by atoms with van der Waals surface area (Å²) >= 11 is 5.72. The monoisotopic (exact) mass is 300 g/mol. The van der Waals surface area contributed by atoms with Gasteiger partial charge in [-0.2, -0.15) is 0 Å². The van der Waals surface area contributed by atoms with Gasteiger partial charge in [-0.3, -0.25) is 9.59 Å². The van der Waals surface area contributed by atoms with E-state index in [9.17, 15) is 14.0 Å². The summed E-state index contributed by atoms with van der Waals surface area (Å²) in [7, 11) is 0. The molecule has 0 radical (unpaired) electrons. The molecular weight excluding hydrogens is 283 g/mol. The van der Waals surface area contributed by atoms with E-state index in [4.69, 9.17) is 11.6 Å². The topological polar surface area (TPSA) is 58.2 Å². The van der Waals surface area contributed by atoms with E-state index in [-0.39, 0.29) is 24.3 Å². The lowest BCUT2D eigenvalue weighted by molar-refractivity contribution is -0.125. The molecule has 0 aliphatic rings. The van der Waals surface area contributed by atoms with Gasteiger partial charge in [0.1, 0.15) is 5.82 Å². The van der Waals surface area contributed by atoms with Crippen molar-refractivity contribution in [2.75, 3.05) is 6.54 Å². The molecule has 0 heterocycles. The van der Waals surface area contributed by atoms with Crippen molar-refractivity contribution in [1.29, 1.82) is 0 Å². The Kier molecular flexibility index (Phi) is 5.95. The van der Waals surface area contributed by atoms with E-state index in [1.54, 1.807) is 12.1 Å².